The Labute approximate surface area is 224 Å². The Morgan fingerprint density at radius 1 is 1.08 bits per heavy atom. The highest BCUT2D eigenvalue weighted by atomic mass is 32.2. The number of anilines is 2. The van der Waals surface area contributed by atoms with E-state index in [-0.39, 0.29) is 23.1 Å². The van der Waals surface area contributed by atoms with Gasteiger partial charge in [-0.1, -0.05) is 36.1 Å². The van der Waals surface area contributed by atoms with E-state index in [0.29, 0.717) is 20.5 Å². The summed E-state index contributed by atoms with van der Waals surface area (Å²) in [6, 6.07) is 14.4. The van der Waals surface area contributed by atoms with Gasteiger partial charge in [0.1, 0.15) is 5.82 Å². The van der Waals surface area contributed by atoms with Gasteiger partial charge >= 0.3 is 6.18 Å². The molecule has 3 aromatic rings. The summed E-state index contributed by atoms with van der Waals surface area (Å²) in [6.45, 7) is -0.484. The minimum absolute atomic E-state index is 0.0197. The van der Waals surface area contributed by atoms with Crippen LogP contribution in [0.2, 0.25) is 0 Å². The fourth-order valence-corrected chi connectivity index (χ4v) is 4.74. The largest absolute Gasteiger partial charge is 0.493 e. The lowest BCUT2D eigenvalue weighted by molar-refractivity contribution is -0.137. The second-order valence-corrected chi connectivity index (χ2v) is 9.50. The minimum atomic E-state index is -4.53. The summed E-state index contributed by atoms with van der Waals surface area (Å²) < 4.78 is 63.0. The van der Waals surface area contributed by atoms with E-state index < -0.39 is 30.1 Å². The van der Waals surface area contributed by atoms with Crippen molar-refractivity contribution in [3.8, 4) is 11.5 Å². The van der Waals surface area contributed by atoms with Crippen molar-refractivity contribution in [2.24, 2.45) is 0 Å². The average molecular weight is 563 g/mol. The molecule has 196 valence electrons. The van der Waals surface area contributed by atoms with Crippen molar-refractivity contribution in [3.63, 3.8) is 0 Å². The van der Waals surface area contributed by atoms with Gasteiger partial charge < -0.3 is 14.8 Å². The molecule has 12 heteroatoms. The Hall–Kier alpha value is -3.90. The number of carbonyl (C=O) groups excluding carboxylic acids is 2. The zero-order chi connectivity index (χ0) is 27.4. The van der Waals surface area contributed by atoms with Crippen LogP contribution in [-0.2, 0) is 15.8 Å². The average Bonchev–Trinajstić information content (AvgIpc) is 3.15. The number of thiocarbonyl (C=S) groups is 1. The zero-order valence-corrected chi connectivity index (χ0v) is 21.2. The molecule has 38 heavy (non-hydrogen) atoms. The van der Waals surface area contributed by atoms with Crippen LogP contribution in [0.1, 0.15) is 11.1 Å². The number of thioether (sulfide) groups is 1. The van der Waals surface area contributed by atoms with Crippen molar-refractivity contribution >= 4 is 57.6 Å². The highest BCUT2D eigenvalue weighted by Gasteiger charge is 2.33. The number of hydrogen-bond donors (Lipinski definition) is 1. The third-order valence-electron chi connectivity index (χ3n) is 5.20. The van der Waals surface area contributed by atoms with Crippen LogP contribution in [0.4, 0.5) is 28.9 Å². The highest BCUT2D eigenvalue weighted by Crippen LogP contribution is 2.37. The van der Waals surface area contributed by atoms with E-state index in [1.54, 1.807) is 18.2 Å². The molecule has 6 nitrogen and oxygen atoms in total. The van der Waals surface area contributed by atoms with E-state index >= 15 is 0 Å². The minimum Gasteiger partial charge on any atom is -0.493 e. The van der Waals surface area contributed by atoms with Gasteiger partial charge in [0.2, 0.25) is 0 Å². The van der Waals surface area contributed by atoms with Crippen LogP contribution in [0.5, 0.6) is 11.5 Å². The second kappa shape index (κ2) is 11.2. The molecule has 1 saturated heterocycles. The summed E-state index contributed by atoms with van der Waals surface area (Å²) in [4.78, 5) is 26.8. The number of nitrogens with one attached hydrogen (secondary N) is 1. The molecule has 0 bridgehead atoms. The highest BCUT2D eigenvalue weighted by molar-refractivity contribution is 8.27. The molecule has 0 spiro atoms. The van der Waals surface area contributed by atoms with E-state index in [9.17, 15) is 27.2 Å². The number of rotatable bonds is 7. The zero-order valence-electron chi connectivity index (χ0n) is 19.5. The first kappa shape index (κ1) is 27.1. The maximum absolute atomic E-state index is 13.3. The van der Waals surface area contributed by atoms with E-state index in [1.807, 2.05) is 0 Å². The van der Waals surface area contributed by atoms with Gasteiger partial charge in [-0.25, -0.2) is 4.39 Å². The lowest BCUT2D eigenvalue weighted by atomic mass is 10.1. The van der Waals surface area contributed by atoms with Crippen molar-refractivity contribution in [1.29, 1.82) is 0 Å². The van der Waals surface area contributed by atoms with Crippen LogP contribution in [0, 0.1) is 5.82 Å². The molecule has 4 rings (SSSR count). The van der Waals surface area contributed by atoms with Crippen molar-refractivity contribution in [2.45, 2.75) is 6.18 Å². The van der Waals surface area contributed by atoms with Gasteiger partial charge in [0.25, 0.3) is 11.8 Å². The third kappa shape index (κ3) is 6.32. The number of hydrogen-bond acceptors (Lipinski definition) is 6. The maximum Gasteiger partial charge on any atom is 0.416 e. The summed E-state index contributed by atoms with van der Waals surface area (Å²) in [5, 5.41) is 2.36. The molecule has 0 aliphatic carbocycles. The number of alkyl halides is 3. The topological polar surface area (TPSA) is 67.9 Å². The summed E-state index contributed by atoms with van der Waals surface area (Å²) in [5.41, 5.74) is 0.126. The van der Waals surface area contributed by atoms with Gasteiger partial charge in [-0.15, -0.1) is 0 Å². The first-order valence-electron chi connectivity index (χ1n) is 10.9. The molecule has 2 amide bonds. The number of ether oxygens (including phenoxy) is 2. The first-order chi connectivity index (χ1) is 18.0. The first-order valence-corrected chi connectivity index (χ1v) is 12.1. The Balaban J connectivity index is 1.43. The van der Waals surface area contributed by atoms with E-state index in [0.717, 1.165) is 23.9 Å². The van der Waals surface area contributed by atoms with E-state index in [1.165, 1.54) is 54.5 Å². The Kier molecular flexibility index (Phi) is 8.02. The summed E-state index contributed by atoms with van der Waals surface area (Å²) >= 11 is 6.41. The molecule has 0 aromatic heterocycles. The molecule has 0 radical (unpaired) electrons. The van der Waals surface area contributed by atoms with Crippen LogP contribution in [0.15, 0.2) is 71.6 Å². The van der Waals surface area contributed by atoms with Gasteiger partial charge in [0, 0.05) is 5.69 Å². The quantitative estimate of drug-likeness (QED) is 0.208. The van der Waals surface area contributed by atoms with Crippen molar-refractivity contribution in [1.82, 2.24) is 0 Å². The molecule has 1 heterocycles. The lowest BCUT2D eigenvalue weighted by Crippen LogP contribution is -2.27. The van der Waals surface area contributed by atoms with E-state index in [4.69, 9.17) is 21.7 Å². The summed E-state index contributed by atoms with van der Waals surface area (Å²) in [7, 11) is 1.39. The smallest absolute Gasteiger partial charge is 0.416 e. The number of methoxy groups -OCH3 is 1. The van der Waals surface area contributed by atoms with Crippen LogP contribution in [-0.4, -0.2) is 29.9 Å². The van der Waals surface area contributed by atoms with Crippen LogP contribution in [0.3, 0.4) is 0 Å². The maximum atomic E-state index is 13.3. The molecule has 0 atom stereocenters. The fourth-order valence-electron chi connectivity index (χ4n) is 3.44. The number of carbonyl (C=O) groups is 2. The van der Waals surface area contributed by atoms with Gasteiger partial charge in [-0.05, 0) is 66.2 Å². The Morgan fingerprint density at radius 3 is 2.50 bits per heavy atom. The number of amides is 2. The number of halogens is 4. The number of nitrogens with zero attached hydrogens (tertiary/aromatic N) is 1. The molecule has 0 saturated carbocycles. The van der Waals surface area contributed by atoms with Gasteiger partial charge in [0.05, 0.1) is 23.3 Å². The summed E-state index contributed by atoms with van der Waals surface area (Å²) in [5.74, 6) is -0.989. The van der Waals surface area contributed by atoms with Crippen molar-refractivity contribution < 1.29 is 36.6 Å². The second-order valence-electron chi connectivity index (χ2n) is 7.82. The monoisotopic (exact) mass is 562 g/mol. The third-order valence-corrected chi connectivity index (χ3v) is 6.50. The van der Waals surface area contributed by atoms with Gasteiger partial charge in [-0.2, -0.15) is 13.2 Å². The molecule has 1 aliphatic rings. The van der Waals surface area contributed by atoms with Gasteiger partial charge in [-0.3, -0.25) is 14.5 Å². The molecule has 3 aromatic carbocycles. The van der Waals surface area contributed by atoms with E-state index in [2.05, 4.69) is 5.32 Å². The van der Waals surface area contributed by atoms with Crippen LogP contribution in [0.25, 0.3) is 6.08 Å². The Morgan fingerprint density at radius 2 is 1.82 bits per heavy atom. The molecule has 1 N–H and O–H groups in total. The molecule has 1 fully saturated rings. The normalized spacial score (nSPS) is 14.7. The Bertz CT molecular complexity index is 1430. The van der Waals surface area contributed by atoms with Crippen LogP contribution < -0.4 is 19.7 Å². The predicted molar refractivity (Wildman–Crippen MR) is 141 cm³/mol. The lowest BCUT2D eigenvalue weighted by Gasteiger charge is -2.14. The molecular formula is C26H18F4N2O4S2. The van der Waals surface area contributed by atoms with Crippen molar-refractivity contribution in [2.75, 3.05) is 23.9 Å². The predicted octanol–water partition coefficient (Wildman–Crippen LogP) is 6.28. The summed E-state index contributed by atoms with van der Waals surface area (Å²) in [6.07, 6.45) is -2.93. The number of benzene rings is 3. The molecule has 1 aliphatic heterocycles. The molecule has 0 unspecified atom stereocenters. The van der Waals surface area contributed by atoms with Gasteiger partial charge in [0.15, 0.2) is 22.4 Å². The van der Waals surface area contributed by atoms with Crippen molar-refractivity contribution in [3.05, 3.63) is 88.6 Å². The fraction of sp³-hybridized carbons (Fsp3) is 0.115. The van der Waals surface area contributed by atoms with Crippen LogP contribution >= 0.6 is 24.0 Å². The molecular weight excluding hydrogens is 544 g/mol. The standard InChI is InChI=1S/C26H18F4N2O4S2/c1-35-21-11-15(12-22-24(34)32(25(37)38-22)19-8-6-17(27)7-9-19)5-10-20(21)36-14-23(33)31-18-4-2-3-16(13-18)26(28,29)30/h2-13H,14H2,1H3,(H,31,33)/b22-12-. The SMILES string of the molecule is COc1cc(/C=C2\SC(=S)N(c3ccc(F)cc3)C2=O)ccc1OCC(=O)Nc1cccc(C(F)(F)F)c1.